The fraction of sp³-hybridized carbons (Fsp3) is 0.167. The van der Waals surface area contributed by atoms with E-state index in [0.717, 1.165) is 28.6 Å². The number of aromatic nitrogens is 4. The summed E-state index contributed by atoms with van der Waals surface area (Å²) in [5, 5.41) is 0. The lowest BCUT2D eigenvalue weighted by Crippen LogP contribution is -3.00. The number of hydrogen-bond acceptors (Lipinski definition) is 2. The molecule has 0 saturated heterocycles. The number of imidazole rings is 1. The highest BCUT2D eigenvalue weighted by Crippen LogP contribution is 2.14. The van der Waals surface area contributed by atoms with Crippen LogP contribution in [0.5, 0.6) is 0 Å². The molecular weight excluding hydrogens is 308 g/mol. The third-order valence-corrected chi connectivity index (χ3v) is 3.43. The Kier molecular flexibility index (Phi) is 5.66. The lowest BCUT2D eigenvalue weighted by Gasteiger charge is -1.98. The molecule has 0 bridgehead atoms. The smallest absolute Gasteiger partial charge is 0.243 e. The van der Waals surface area contributed by atoms with Crippen LogP contribution in [-0.4, -0.2) is 14.5 Å². The van der Waals surface area contributed by atoms with Crippen molar-refractivity contribution in [3.05, 3.63) is 67.3 Å². The molecule has 0 spiro atoms. The molecule has 4 nitrogen and oxygen atoms in total. The van der Waals surface area contributed by atoms with Crippen LogP contribution in [0.15, 0.2) is 67.3 Å². The molecule has 2 aromatic carbocycles. The molecule has 0 unspecified atom stereocenters. The standard InChI is InChI=1S/C12H8N2.C6H11N2.ClH/c1-2-6-10-9(5-1)13-11-7-3-4-8-12(11)14-10;1-3-8-5-4-7(2)6-8;/h1-8H;4-6H,3H2,1-2H3;1H/q;+1;/p-1. The maximum Gasteiger partial charge on any atom is 0.243 e. The van der Waals surface area contributed by atoms with Gasteiger partial charge < -0.3 is 12.4 Å². The van der Waals surface area contributed by atoms with E-state index in [1.165, 1.54) is 0 Å². The van der Waals surface area contributed by atoms with E-state index in [1.807, 2.05) is 66.3 Å². The molecule has 0 aliphatic heterocycles. The topological polar surface area (TPSA) is 34.6 Å². The molecule has 0 fully saturated rings. The van der Waals surface area contributed by atoms with Crippen LogP contribution in [0.25, 0.3) is 22.1 Å². The number of rotatable bonds is 1. The van der Waals surface area contributed by atoms with Gasteiger partial charge in [0.25, 0.3) is 0 Å². The molecule has 2 heterocycles. The van der Waals surface area contributed by atoms with Crippen molar-refractivity contribution in [3.63, 3.8) is 0 Å². The Bertz CT molecular complexity index is 796. The molecule has 0 N–H and O–H groups in total. The first-order valence-corrected chi connectivity index (χ1v) is 7.39. The second-order valence-corrected chi connectivity index (χ2v) is 5.11. The molecule has 0 aliphatic rings. The van der Waals surface area contributed by atoms with Gasteiger partial charge in [-0.15, -0.1) is 0 Å². The molecule has 2 aromatic heterocycles. The first-order chi connectivity index (χ1) is 10.8. The minimum Gasteiger partial charge on any atom is -1.00 e. The quantitative estimate of drug-likeness (QED) is 0.368. The van der Waals surface area contributed by atoms with Gasteiger partial charge in [0, 0.05) is 0 Å². The first-order valence-electron chi connectivity index (χ1n) is 7.39. The number of hydrogen-bond donors (Lipinski definition) is 0. The maximum absolute atomic E-state index is 4.52. The fourth-order valence-corrected chi connectivity index (χ4v) is 2.25. The lowest BCUT2D eigenvalue weighted by molar-refractivity contribution is -0.693. The molecule has 0 atom stereocenters. The van der Waals surface area contributed by atoms with Crippen molar-refractivity contribution in [2.24, 2.45) is 7.05 Å². The number of fused-ring (bicyclic) bond motifs is 2. The summed E-state index contributed by atoms with van der Waals surface area (Å²) in [5.74, 6) is 0. The highest BCUT2D eigenvalue weighted by Gasteiger charge is 1.98. The zero-order valence-corrected chi connectivity index (χ0v) is 14.0. The normalized spacial score (nSPS) is 10.0. The van der Waals surface area contributed by atoms with E-state index < -0.39 is 0 Å². The molecule has 0 radical (unpaired) electrons. The maximum atomic E-state index is 4.52. The number of benzene rings is 2. The Labute approximate surface area is 141 Å². The molecule has 23 heavy (non-hydrogen) atoms. The van der Waals surface area contributed by atoms with Crippen LogP contribution in [0.3, 0.4) is 0 Å². The van der Waals surface area contributed by atoms with Gasteiger partial charge in [-0.1, -0.05) is 24.3 Å². The Hall–Kier alpha value is -2.46. The van der Waals surface area contributed by atoms with E-state index in [4.69, 9.17) is 0 Å². The Morgan fingerprint density at radius 3 is 1.57 bits per heavy atom. The van der Waals surface area contributed by atoms with Crippen molar-refractivity contribution in [2.75, 3.05) is 0 Å². The van der Waals surface area contributed by atoms with Crippen molar-refractivity contribution >= 4 is 22.1 Å². The van der Waals surface area contributed by atoms with Crippen molar-refractivity contribution in [3.8, 4) is 0 Å². The number of nitrogens with zero attached hydrogens (tertiary/aromatic N) is 4. The molecule has 0 saturated carbocycles. The Balaban J connectivity index is 0.000000185. The molecule has 4 rings (SSSR count). The zero-order valence-electron chi connectivity index (χ0n) is 13.2. The monoisotopic (exact) mass is 326 g/mol. The summed E-state index contributed by atoms with van der Waals surface area (Å²) in [4.78, 5) is 9.03. The third-order valence-electron chi connectivity index (χ3n) is 3.43. The molecule has 5 heteroatoms. The average Bonchev–Trinajstić information content (AvgIpc) is 2.99. The zero-order chi connectivity index (χ0) is 15.4. The summed E-state index contributed by atoms with van der Waals surface area (Å²) in [6.07, 6.45) is 6.14. The highest BCUT2D eigenvalue weighted by molar-refractivity contribution is 5.85. The van der Waals surface area contributed by atoms with Gasteiger partial charge in [-0.3, -0.25) is 0 Å². The fourth-order valence-electron chi connectivity index (χ4n) is 2.25. The van der Waals surface area contributed by atoms with Gasteiger partial charge in [0.15, 0.2) is 0 Å². The summed E-state index contributed by atoms with van der Waals surface area (Å²) < 4.78 is 4.16. The first kappa shape index (κ1) is 16.9. The largest absolute Gasteiger partial charge is 1.00 e. The van der Waals surface area contributed by atoms with E-state index in [2.05, 4.69) is 34.0 Å². The van der Waals surface area contributed by atoms with E-state index >= 15 is 0 Å². The van der Waals surface area contributed by atoms with E-state index in [0.29, 0.717) is 0 Å². The SMILES string of the molecule is CC[n+]1ccn(C)c1.[Cl-].c1ccc2nc3ccccc3nc2c1. The van der Waals surface area contributed by atoms with Crippen LogP contribution >= 0.6 is 0 Å². The van der Waals surface area contributed by atoms with E-state index in [-0.39, 0.29) is 12.4 Å². The highest BCUT2D eigenvalue weighted by atomic mass is 35.5. The number of aryl methyl sites for hydroxylation is 2. The van der Waals surface area contributed by atoms with Crippen molar-refractivity contribution in [2.45, 2.75) is 13.5 Å². The van der Waals surface area contributed by atoms with Gasteiger partial charge in [0.2, 0.25) is 6.33 Å². The summed E-state index contributed by atoms with van der Waals surface area (Å²) in [7, 11) is 2.02. The Morgan fingerprint density at radius 1 is 0.870 bits per heavy atom. The summed E-state index contributed by atoms with van der Waals surface area (Å²) in [6.45, 7) is 3.18. The minimum atomic E-state index is 0. The second kappa shape index (κ2) is 7.70. The van der Waals surface area contributed by atoms with E-state index in [9.17, 15) is 0 Å². The van der Waals surface area contributed by atoms with Crippen LogP contribution in [0.1, 0.15) is 6.92 Å². The van der Waals surface area contributed by atoms with Gasteiger partial charge in [0.1, 0.15) is 12.4 Å². The third kappa shape index (κ3) is 4.05. The van der Waals surface area contributed by atoms with Crippen molar-refractivity contribution < 1.29 is 17.0 Å². The van der Waals surface area contributed by atoms with Gasteiger partial charge in [-0.25, -0.2) is 19.1 Å². The van der Waals surface area contributed by atoms with Crippen LogP contribution in [0.4, 0.5) is 0 Å². The predicted octanol–water partition coefficient (Wildman–Crippen LogP) is 0.120. The van der Waals surface area contributed by atoms with Crippen LogP contribution in [0, 0.1) is 0 Å². The molecule has 4 aromatic rings. The summed E-state index contributed by atoms with van der Waals surface area (Å²) >= 11 is 0. The van der Waals surface area contributed by atoms with Gasteiger partial charge in [-0.05, 0) is 31.2 Å². The molecule has 118 valence electrons. The average molecular weight is 327 g/mol. The van der Waals surface area contributed by atoms with Crippen molar-refractivity contribution in [1.82, 2.24) is 14.5 Å². The van der Waals surface area contributed by atoms with Gasteiger partial charge in [-0.2, -0.15) is 0 Å². The Morgan fingerprint density at radius 2 is 1.30 bits per heavy atom. The summed E-state index contributed by atoms with van der Waals surface area (Å²) in [6, 6.07) is 15.8. The van der Waals surface area contributed by atoms with Crippen LogP contribution < -0.4 is 17.0 Å². The van der Waals surface area contributed by atoms with Crippen LogP contribution in [-0.2, 0) is 13.6 Å². The van der Waals surface area contributed by atoms with Gasteiger partial charge in [0.05, 0.1) is 35.7 Å². The second-order valence-electron chi connectivity index (χ2n) is 5.11. The number of halogens is 1. The number of para-hydroxylation sites is 4. The van der Waals surface area contributed by atoms with E-state index in [1.54, 1.807) is 0 Å². The summed E-state index contributed by atoms with van der Waals surface area (Å²) in [5.41, 5.74) is 3.80. The predicted molar refractivity (Wildman–Crippen MR) is 88.3 cm³/mol. The lowest BCUT2D eigenvalue weighted by atomic mass is 10.2. The molecule has 0 aliphatic carbocycles. The van der Waals surface area contributed by atoms with Crippen LogP contribution in [0.2, 0.25) is 0 Å². The molecule has 0 amide bonds. The van der Waals surface area contributed by atoms with Crippen molar-refractivity contribution in [1.29, 1.82) is 0 Å². The molecular formula is C18H19ClN4. The minimum absolute atomic E-state index is 0. The van der Waals surface area contributed by atoms with Gasteiger partial charge >= 0.3 is 0 Å².